The molecule has 2 atom stereocenters. The highest BCUT2D eigenvalue weighted by atomic mass is 16.3. The Morgan fingerprint density at radius 3 is 3.06 bits per heavy atom. The van der Waals surface area contributed by atoms with Crippen LogP contribution in [-0.2, 0) is 13.0 Å². The fourth-order valence-electron chi connectivity index (χ4n) is 2.76. The van der Waals surface area contributed by atoms with Gasteiger partial charge in [-0.1, -0.05) is 6.42 Å². The molecule has 2 aliphatic heterocycles. The van der Waals surface area contributed by atoms with Crippen LogP contribution in [0.1, 0.15) is 43.4 Å². The maximum Gasteiger partial charge on any atom is 0.167 e. The van der Waals surface area contributed by atoms with Gasteiger partial charge in [-0.2, -0.15) is 5.10 Å². The highest BCUT2D eigenvalue weighted by Crippen LogP contribution is 2.23. The van der Waals surface area contributed by atoms with Gasteiger partial charge in [-0.05, 0) is 25.8 Å². The molecule has 94 valence electrons. The second-order valence-corrected chi connectivity index (χ2v) is 5.16. The molecule has 1 aromatic heterocycles. The Kier molecular flexibility index (Phi) is 3.11. The lowest BCUT2D eigenvalue weighted by Gasteiger charge is -2.20. The van der Waals surface area contributed by atoms with Crippen molar-refractivity contribution >= 4 is 0 Å². The summed E-state index contributed by atoms with van der Waals surface area (Å²) in [5.74, 6) is 2.41. The smallest absolute Gasteiger partial charge is 0.167 e. The van der Waals surface area contributed by atoms with Gasteiger partial charge in [0, 0.05) is 25.5 Å². The van der Waals surface area contributed by atoms with Crippen molar-refractivity contribution in [1.82, 2.24) is 20.1 Å². The lowest BCUT2D eigenvalue weighted by atomic mass is 10.0. The van der Waals surface area contributed by atoms with Crippen LogP contribution in [0.15, 0.2) is 0 Å². The zero-order valence-corrected chi connectivity index (χ0v) is 10.1. The van der Waals surface area contributed by atoms with E-state index in [1.54, 1.807) is 0 Å². The molecular formula is C12H20N4O. The predicted octanol–water partition coefficient (Wildman–Crippen LogP) is 0.647. The van der Waals surface area contributed by atoms with Crippen molar-refractivity contribution in [3.05, 3.63) is 11.6 Å². The van der Waals surface area contributed by atoms with E-state index in [0.29, 0.717) is 12.0 Å². The zero-order valence-electron chi connectivity index (χ0n) is 10.1. The molecule has 5 heteroatoms. The number of aromatic nitrogens is 3. The van der Waals surface area contributed by atoms with E-state index in [9.17, 15) is 5.11 Å². The number of fused-ring (bicyclic) bond motifs is 1. The van der Waals surface area contributed by atoms with Gasteiger partial charge in [0.25, 0.3) is 0 Å². The number of hydrogen-bond acceptors (Lipinski definition) is 4. The fraction of sp³-hybridized carbons (Fsp3) is 0.833. The van der Waals surface area contributed by atoms with Crippen molar-refractivity contribution in [3.8, 4) is 0 Å². The number of aliphatic hydroxyl groups is 1. The monoisotopic (exact) mass is 236 g/mol. The summed E-state index contributed by atoms with van der Waals surface area (Å²) in [5, 5.41) is 17.3. The fourth-order valence-corrected chi connectivity index (χ4v) is 2.76. The van der Waals surface area contributed by atoms with Gasteiger partial charge in [0.05, 0.1) is 6.04 Å². The summed E-state index contributed by atoms with van der Waals surface area (Å²) < 4.78 is 2.00. The van der Waals surface area contributed by atoms with Crippen LogP contribution in [0.25, 0.3) is 0 Å². The lowest BCUT2D eigenvalue weighted by Crippen LogP contribution is -2.28. The summed E-state index contributed by atoms with van der Waals surface area (Å²) in [5.41, 5.74) is 0. The average molecular weight is 236 g/mol. The van der Waals surface area contributed by atoms with Crippen molar-refractivity contribution in [2.45, 2.75) is 44.7 Å². The Labute approximate surface area is 101 Å². The normalized spacial score (nSPS) is 29.0. The summed E-state index contributed by atoms with van der Waals surface area (Å²) in [7, 11) is 0. The van der Waals surface area contributed by atoms with Crippen molar-refractivity contribution in [1.29, 1.82) is 0 Å². The number of aliphatic hydroxyl groups excluding tert-OH is 1. The van der Waals surface area contributed by atoms with E-state index in [1.165, 1.54) is 12.8 Å². The number of nitrogens with zero attached hydrogens (tertiary/aromatic N) is 3. The van der Waals surface area contributed by atoms with Crippen molar-refractivity contribution in [2.24, 2.45) is 5.92 Å². The van der Waals surface area contributed by atoms with E-state index in [0.717, 1.165) is 44.0 Å². The molecule has 3 heterocycles. The molecule has 17 heavy (non-hydrogen) atoms. The van der Waals surface area contributed by atoms with Gasteiger partial charge in [0.15, 0.2) is 5.82 Å². The maximum absolute atomic E-state index is 9.20. The molecule has 0 amide bonds. The Morgan fingerprint density at radius 2 is 2.29 bits per heavy atom. The third-order valence-electron chi connectivity index (χ3n) is 3.85. The quantitative estimate of drug-likeness (QED) is 0.791. The third kappa shape index (κ3) is 2.21. The first-order chi connectivity index (χ1) is 8.36. The minimum absolute atomic E-state index is 0.260. The summed E-state index contributed by atoms with van der Waals surface area (Å²) in [6, 6.07) is 0.342. The second kappa shape index (κ2) is 4.74. The van der Waals surface area contributed by atoms with Crippen LogP contribution < -0.4 is 5.32 Å². The van der Waals surface area contributed by atoms with Crippen LogP contribution >= 0.6 is 0 Å². The van der Waals surface area contributed by atoms with Gasteiger partial charge in [0.2, 0.25) is 0 Å². The van der Waals surface area contributed by atoms with Crippen molar-refractivity contribution < 1.29 is 5.11 Å². The van der Waals surface area contributed by atoms with Crippen molar-refractivity contribution in [3.63, 3.8) is 0 Å². The second-order valence-electron chi connectivity index (χ2n) is 5.16. The van der Waals surface area contributed by atoms with Crippen LogP contribution in [0.4, 0.5) is 0 Å². The number of aryl methyl sites for hydroxylation is 1. The van der Waals surface area contributed by atoms with E-state index in [1.807, 2.05) is 4.68 Å². The molecule has 0 bridgehead atoms. The molecule has 1 fully saturated rings. The average Bonchev–Trinajstić information content (AvgIpc) is 2.82. The number of hydrogen-bond donors (Lipinski definition) is 2. The highest BCUT2D eigenvalue weighted by molar-refractivity contribution is 5.02. The minimum atomic E-state index is 0.260. The summed E-state index contributed by atoms with van der Waals surface area (Å²) in [6.07, 6.45) is 5.65. The Hall–Kier alpha value is -0.940. The molecule has 1 saturated heterocycles. The first-order valence-corrected chi connectivity index (χ1v) is 6.64. The molecule has 2 N–H and O–H groups in total. The van der Waals surface area contributed by atoms with Crippen LogP contribution in [0.2, 0.25) is 0 Å². The standard InChI is InChI=1S/C12H20N4O/c17-8-9-4-5-11-14-12(15-16(11)7-9)10-3-1-2-6-13-10/h9-10,13,17H,1-8H2. The van der Waals surface area contributed by atoms with Crippen LogP contribution in [-0.4, -0.2) is 33.0 Å². The Balaban J connectivity index is 1.77. The third-order valence-corrected chi connectivity index (χ3v) is 3.85. The highest BCUT2D eigenvalue weighted by Gasteiger charge is 2.25. The molecule has 1 aromatic rings. The first kappa shape index (κ1) is 11.2. The van der Waals surface area contributed by atoms with E-state index in [-0.39, 0.29) is 6.61 Å². The molecule has 0 aromatic carbocycles. The number of rotatable bonds is 2. The first-order valence-electron chi connectivity index (χ1n) is 6.64. The molecule has 0 radical (unpaired) electrons. The molecular weight excluding hydrogens is 216 g/mol. The number of nitrogens with one attached hydrogen (secondary N) is 1. The molecule has 0 saturated carbocycles. The van der Waals surface area contributed by atoms with Gasteiger partial charge in [-0.3, -0.25) is 0 Å². The minimum Gasteiger partial charge on any atom is -0.396 e. The van der Waals surface area contributed by atoms with Crippen LogP contribution in [0.5, 0.6) is 0 Å². The van der Waals surface area contributed by atoms with Gasteiger partial charge in [-0.15, -0.1) is 0 Å². The van der Waals surface area contributed by atoms with Gasteiger partial charge in [-0.25, -0.2) is 9.67 Å². The van der Waals surface area contributed by atoms with Gasteiger partial charge < -0.3 is 10.4 Å². The molecule has 3 rings (SSSR count). The molecule has 0 aliphatic carbocycles. The van der Waals surface area contributed by atoms with Crippen molar-refractivity contribution in [2.75, 3.05) is 13.2 Å². The SMILES string of the molecule is OCC1CCc2nc(C3CCCCN3)nn2C1. The van der Waals surface area contributed by atoms with Crippen LogP contribution in [0, 0.1) is 5.92 Å². The zero-order chi connectivity index (χ0) is 11.7. The summed E-state index contributed by atoms with van der Waals surface area (Å²) in [6.45, 7) is 2.16. The van der Waals surface area contributed by atoms with E-state index >= 15 is 0 Å². The number of piperidine rings is 1. The predicted molar refractivity (Wildman–Crippen MR) is 63.5 cm³/mol. The van der Waals surface area contributed by atoms with Crippen LogP contribution in [0.3, 0.4) is 0 Å². The summed E-state index contributed by atoms with van der Waals surface area (Å²) >= 11 is 0. The largest absolute Gasteiger partial charge is 0.396 e. The molecule has 5 nitrogen and oxygen atoms in total. The maximum atomic E-state index is 9.20. The molecule has 2 aliphatic rings. The van der Waals surface area contributed by atoms with E-state index < -0.39 is 0 Å². The Bertz CT molecular complexity index is 384. The summed E-state index contributed by atoms with van der Waals surface area (Å²) in [4.78, 5) is 4.65. The topological polar surface area (TPSA) is 63.0 Å². The molecule has 0 spiro atoms. The molecule has 2 unspecified atom stereocenters. The van der Waals surface area contributed by atoms with E-state index in [2.05, 4.69) is 15.4 Å². The van der Waals surface area contributed by atoms with Gasteiger partial charge >= 0.3 is 0 Å². The van der Waals surface area contributed by atoms with Gasteiger partial charge in [0.1, 0.15) is 5.82 Å². The lowest BCUT2D eigenvalue weighted by molar-refractivity contribution is 0.185. The Morgan fingerprint density at radius 1 is 1.35 bits per heavy atom. The van der Waals surface area contributed by atoms with E-state index in [4.69, 9.17) is 0 Å².